The Hall–Kier alpha value is -4.26. The van der Waals surface area contributed by atoms with Crippen LogP contribution in [0.5, 0.6) is 0 Å². The van der Waals surface area contributed by atoms with Gasteiger partial charge in [-0.2, -0.15) is 10.2 Å². The van der Waals surface area contributed by atoms with E-state index in [9.17, 15) is 0 Å². The second-order valence-corrected chi connectivity index (χ2v) is 7.61. The summed E-state index contributed by atoms with van der Waals surface area (Å²) in [5.41, 5.74) is 10.6. The predicted molar refractivity (Wildman–Crippen MR) is 122 cm³/mol. The highest BCUT2D eigenvalue weighted by atomic mass is 15.3. The van der Waals surface area contributed by atoms with Gasteiger partial charge in [-0.3, -0.25) is 0 Å². The van der Waals surface area contributed by atoms with E-state index in [0.717, 1.165) is 33.4 Å². The molecule has 0 unspecified atom stereocenters. The molecule has 0 radical (unpaired) electrons. The van der Waals surface area contributed by atoms with Crippen LogP contribution in [0.4, 0.5) is 5.82 Å². The Morgan fingerprint density at radius 3 is 2.58 bits per heavy atom. The lowest BCUT2D eigenvalue weighted by atomic mass is 10.1. The third-order valence-corrected chi connectivity index (χ3v) is 5.67. The van der Waals surface area contributed by atoms with Crippen molar-refractivity contribution in [3.05, 3.63) is 84.4 Å². The topological polar surface area (TPSA) is 87.4 Å². The molecule has 6 aromatic rings. The fraction of sp³-hybridized carbons (Fsp3) is 0.0833. The molecular formula is C24H19N7. The van der Waals surface area contributed by atoms with Gasteiger partial charge in [0.15, 0.2) is 5.65 Å². The molecular weight excluding hydrogens is 386 g/mol. The van der Waals surface area contributed by atoms with Crippen LogP contribution in [0.2, 0.25) is 0 Å². The minimum absolute atomic E-state index is 0.445. The fourth-order valence-electron chi connectivity index (χ4n) is 4.22. The number of aryl methyl sites for hydroxylation is 1. The first kappa shape index (κ1) is 17.6. The molecule has 0 aliphatic carbocycles. The summed E-state index contributed by atoms with van der Waals surface area (Å²) in [4.78, 5) is 8.51. The number of fused-ring (bicyclic) bond motifs is 3. The van der Waals surface area contributed by atoms with Gasteiger partial charge in [-0.15, -0.1) is 0 Å². The van der Waals surface area contributed by atoms with E-state index in [1.165, 1.54) is 17.1 Å². The number of hydrogen-bond acceptors (Lipinski definition) is 5. The van der Waals surface area contributed by atoms with Crippen LogP contribution >= 0.6 is 0 Å². The van der Waals surface area contributed by atoms with Gasteiger partial charge < -0.3 is 5.73 Å². The summed E-state index contributed by atoms with van der Waals surface area (Å²) >= 11 is 0. The minimum Gasteiger partial charge on any atom is -0.383 e. The van der Waals surface area contributed by atoms with Gasteiger partial charge in [0.1, 0.15) is 12.1 Å². The molecule has 0 aliphatic rings. The Bertz CT molecular complexity index is 1590. The normalized spacial score (nSPS) is 11.6. The summed E-state index contributed by atoms with van der Waals surface area (Å²) in [6, 6.07) is 23.0. The zero-order valence-electron chi connectivity index (χ0n) is 16.9. The molecule has 0 saturated carbocycles. The first-order valence-corrected chi connectivity index (χ1v) is 10.1. The zero-order valence-corrected chi connectivity index (χ0v) is 16.9. The van der Waals surface area contributed by atoms with E-state index in [1.807, 2.05) is 28.4 Å². The quantitative estimate of drug-likeness (QED) is 0.475. The van der Waals surface area contributed by atoms with Crippen molar-refractivity contribution in [2.45, 2.75) is 13.5 Å². The first-order chi connectivity index (χ1) is 15.2. The second kappa shape index (κ2) is 6.63. The SMILES string of the molecule is Cc1nn(Cc2nn(-c3ccc4ccccc4c3)c3ccccc23)c2ncnc(N)c12. The molecule has 6 rings (SSSR count). The van der Waals surface area contributed by atoms with Crippen LogP contribution in [0.1, 0.15) is 11.4 Å². The van der Waals surface area contributed by atoms with Crippen molar-refractivity contribution in [1.29, 1.82) is 0 Å². The van der Waals surface area contributed by atoms with Crippen molar-refractivity contribution in [3.8, 4) is 5.69 Å². The molecule has 2 N–H and O–H groups in total. The average molecular weight is 405 g/mol. The van der Waals surface area contributed by atoms with Crippen LogP contribution in [-0.4, -0.2) is 29.5 Å². The molecule has 7 nitrogen and oxygen atoms in total. The van der Waals surface area contributed by atoms with Crippen molar-refractivity contribution in [1.82, 2.24) is 29.5 Å². The van der Waals surface area contributed by atoms with E-state index in [0.29, 0.717) is 18.0 Å². The van der Waals surface area contributed by atoms with Crippen molar-refractivity contribution in [2.24, 2.45) is 0 Å². The lowest BCUT2D eigenvalue weighted by molar-refractivity contribution is 0.674. The Morgan fingerprint density at radius 1 is 0.871 bits per heavy atom. The highest BCUT2D eigenvalue weighted by Gasteiger charge is 2.17. The molecule has 0 aliphatic heterocycles. The molecule has 31 heavy (non-hydrogen) atoms. The number of hydrogen-bond donors (Lipinski definition) is 1. The number of anilines is 1. The van der Waals surface area contributed by atoms with Gasteiger partial charge in [-0.05, 0) is 35.9 Å². The summed E-state index contributed by atoms with van der Waals surface area (Å²) in [7, 11) is 0. The third-order valence-electron chi connectivity index (χ3n) is 5.67. The molecule has 0 saturated heterocycles. The Kier molecular flexibility index (Phi) is 3.76. The van der Waals surface area contributed by atoms with Gasteiger partial charge in [-0.1, -0.05) is 48.5 Å². The minimum atomic E-state index is 0.445. The highest BCUT2D eigenvalue weighted by Crippen LogP contribution is 2.27. The summed E-state index contributed by atoms with van der Waals surface area (Å²) < 4.78 is 3.85. The van der Waals surface area contributed by atoms with Crippen LogP contribution in [0.25, 0.3) is 38.4 Å². The van der Waals surface area contributed by atoms with Gasteiger partial charge in [-0.25, -0.2) is 19.3 Å². The molecule has 3 aromatic carbocycles. The van der Waals surface area contributed by atoms with Gasteiger partial charge in [0.05, 0.1) is 34.5 Å². The van der Waals surface area contributed by atoms with Gasteiger partial charge in [0.2, 0.25) is 0 Å². The number of para-hydroxylation sites is 1. The van der Waals surface area contributed by atoms with E-state index >= 15 is 0 Å². The summed E-state index contributed by atoms with van der Waals surface area (Å²) in [5.74, 6) is 0.445. The molecule has 0 fully saturated rings. The number of rotatable bonds is 3. The van der Waals surface area contributed by atoms with Crippen LogP contribution in [-0.2, 0) is 6.54 Å². The Balaban J connectivity index is 1.52. The number of nitrogens with two attached hydrogens (primary N) is 1. The van der Waals surface area contributed by atoms with Crippen LogP contribution in [0.15, 0.2) is 73.1 Å². The summed E-state index contributed by atoms with van der Waals surface area (Å²) in [6.45, 7) is 2.41. The number of benzene rings is 3. The molecule has 3 aromatic heterocycles. The molecule has 150 valence electrons. The first-order valence-electron chi connectivity index (χ1n) is 10.1. The predicted octanol–water partition coefficient (Wildman–Crippen LogP) is 4.26. The maximum Gasteiger partial charge on any atom is 0.163 e. The van der Waals surface area contributed by atoms with Crippen molar-refractivity contribution >= 4 is 38.5 Å². The number of nitrogen functional groups attached to an aromatic ring is 1. The molecule has 0 atom stereocenters. The Morgan fingerprint density at radius 2 is 1.68 bits per heavy atom. The smallest absolute Gasteiger partial charge is 0.163 e. The fourth-order valence-corrected chi connectivity index (χ4v) is 4.22. The van der Waals surface area contributed by atoms with Crippen LogP contribution in [0, 0.1) is 6.92 Å². The average Bonchev–Trinajstić information content (AvgIpc) is 3.32. The van der Waals surface area contributed by atoms with Crippen molar-refractivity contribution < 1.29 is 0 Å². The molecule has 3 heterocycles. The maximum atomic E-state index is 6.06. The highest BCUT2D eigenvalue weighted by molar-refractivity contribution is 5.89. The molecule has 0 bridgehead atoms. The van der Waals surface area contributed by atoms with E-state index in [4.69, 9.17) is 10.8 Å². The largest absolute Gasteiger partial charge is 0.383 e. The van der Waals surface area contributed by atoms with Crippen molar-refractivity contribution in [2.75, 3.05) is 5.73 Å². The van der Waals surface area contributed by atoms with Crippen LogP contribution in [0.3, 0.4) is 0 Å². The van der Waals surface area contributed by atoms with E-state index < -0.39 is 0 Å². The summed E-state index contributed by atoms with van der Waals surface area (Å²) in [5, 5.41) is 13.9. The van der Waals surface area contributed by atoms with Gasteiger partial charge in [0, 0.05) is 5.39 Å². The maximum absolute atomic E-state index is 6.06. The number of nitrogens with zero attached hydrogens (tertiary/aromatic N) is 6. The monoisotopic (exact) mass is 405 g/mol. The van der Waals surface area contributed by atoms with Crippen molar-refractivity contribution in [3.63, 3.8) is 0 Å². The lowest BCUT2D eigenvalue weighted by Crippen LogP contribution is -2.05. The molecule has 0 amide bonds. The van der Waals surface area contributed by atoms with E-state index in [2.05, 4.69) is 69.7 Å². The lowest BCUT2D eigenvalue weighted by Gasteiger charge is -2.05. The molecule has 0 spiro atoms. The molecule has 7 heteroatoms. The van der Waals surface area contributed by atoms with E-state index in [1.54, 1.807) is 0 Å². The second-order valence-electron chi connectivity index (χ2n) is 7.61. The van der Waals surface area contributed by atoms with Crippen LogP contribution < -0.4 is 5.73 Å². The van der Waals surface area contributed by atoms with Gasteiger partial charge >= 0.3 is 0 Å². The number of aromatic nitrogens is 6. The third kappa shape index (κ3) is 2.74. The standard InChI is InChI=1S/C24H19N7/c1-15-22-23(25)26-14-27-24(22)30(28-15)13-20-19-8-4-5-9-21(19)31(29-20)18-11-10-16-6-2-3-7-17(16)12-18/h2-12,14H,13H2,1H3,(H2,25,26,27). The van der Waals surface area contributed by atoms with E-state index in [-0.39, 0.29) is 0 Å². The van der Waals surface area contributed by atoms with Gasteiger partial charge in [0.25, 0.3) is 0 Å². The zero-order chi connectivity index (χ0) is 20.9. The summed E-state index contributed by atoms with van der Waals surface area (Å²) in [6.07, 6.45) is 1.47. The Labute approximate surface area is 177 Å².